The number of methoxy groups -OCH3 is 1. The average Bonchev–Trinajstić information content (AvgIpc) is 2.44. The number of carbonyl (C=O) groups is 1. The quantitative estimate of drug-likeness (QED) is 0.833. The van der Waals surface area contributed by atoms with Crippen LogP contribution in [0.2, 0.25) is 0 Å². The second-order valence-electron chi connectivity index (χ2n) is 4.37. The van der Waals surface area contributed by atoms with Crippen LogP contribution in [0.15, 0.2) is 22.7 Å². The topological polar surface area (TPSA) is 61.8 Å². The molecule has 0 fully saturated rings. The fourth-order valence-corrected chi connectivity index (χ4v) is 2.39. The van der Waals surface area contributed by atoms with Gasteiger partial charge in [-0.1, -0.05) is 6.07 Å². The summed E-state index contributed by atoms with van der Waals surface area (Å²) in [6.45, 7) is 4.65. The molecule has 1 atom stereocenters. The van der Waals surface area contributed by atoms with Crippen molar-refractivity contribution in [1.29, 1.82) is 0 Å². The molecule has 0 radical (unpaired) electrons. The molecule has 2 amide bonds. The van der Waals surface area contributed by atoms with Crippen LogP contribution < -0.4 is 10.1 Å². The van der Waals surface area contributed by atoms with Gasteiger partial charge in [0.15, 0.2) is 0 Å². The normalized spacial score (nSPS) is 11.8. The Hall–Kier alpha value is -1.27. The van der Waals surface area contributed by atoms with Gasteiger partial charge in [0.2, 0.25) is 0 Å². The summed E-state index contributed by atoms with van der Waals surface area (Å²) < 4.78 is 6.03. The monoisotopic (exact) mass is 344 g/mol. The van der Waals surface area contributed by atoms with Crippen LogP contribution in [0.1, 0.15) is 25.5 Å². The Labute approximate surface area is 128 Å². The highest BCUT2D eigenvalue weighted by Gasteiger charge is 2.15. The number of ether oxygens (including phenoxy) is 1. The van der Waals surface area contributed by atoms with E-state index in [1.54, 1.807) is 12.0 Å². The molecule has 0 spiro atoms. The van der Waals surface area contributed by atoms with E-state index in [4.69, 9.17) is 9.84 Å². The van der Waals surface area contributed by atoms with E-state index in [1.165, 1.54) is 0 Å². The molecule has 0 saturated heterocycles. The van der Waals surface area contributed by atoms with Crippen molar-refractivity contribution in [3.63, 3.8) is 0 Å². The number of benzene rings is 1. The minimum atomic E-state index is -0.180. The third-order valence-electron chi connectivity index (χ3n) is 3.05. The minimum absolute atomic E-state index is 0.0380. The first kappa shape index (κ1) is 16.8. The van der Waals surface area contributed by atoms with Gasteiger partial charge in [-0.3, -0.25) is 0 Å². The smallest absolute Gasteiger partial charge is 0.317 e. The van der Waals surface area contributed by atoms with E-state index in [0.29, 0.717) is 13.1 Å². The van der Waals surface area contributed by atoms with Crippen LogP contribution in [0.25, 0.3) is 0 Å². The Balaban J connectivity index is 2.73. The van der Waals surface area contributed by atoms with E-state index in [0.717, 1.165) is 15.8 Å². The van der Waals surface area contributed by atoms with Crippen molar-refractivity contribution in [2.45, 2.75) is 19.9 Å². The number of aliphatic hydroxyl groups excluding tert-OH is 1. The third kappa shape index (κ3) is 4.38. The highest BCUT2D eigenvalue weighted by atomic mass is 79.9. The lowest BCUT2D eigenvalue weighted by atomic mass is 10.1. The van der Waals surface area contributed by atoms with Crippen molar-refractivity contribution in [2.24, 2.45) is 0 Å². The molecule has 0 heterocycles. The molecular formula is C14H21BrN2O3. The van der Waals surface area contributed by atoms with Crippen molar-refractivity contribution < 1.29 is 14.6 Å². The number of halogens is 1. The number of nitrogens with zero attached hydrogens (tertiary/aromatic N) is 1. The van der Waals surface area contributed by atoms with Crippen LogP contribution in [-0.2, 0) is 0 Å². The minimum Gasteiger partial charge on any atom is -0.496 e. The maximum absolute atomic E-state index is 12.0. The van der Waals surface area contributed by atoms with E-state index in [2.05, 4.69) is 21.2 Å². The number of likely N-dealkylation sites (N-methyl/N-ethyl adjacent to an activating group) is 1. The molecule has 0 aliphatic rings. The molecule has 2 N–H and O–H groups in total. The molecule has 0 saturated carbocycles. The molecular weight excluding hydrogens is 324 g/mol. The zero-order chi connectivity index (χ0) is 15.1. The summed E-state index contributed by atoms with van der Waals surface area (Å²) >= 11 is 3.43. The van der Waals surface area contributed by atoms with Crippen molar-refractivity contribution in [2.75, 3.05) is 26.8 Å². The highest BCUT2D eigenvalue weighted by molar-refractivity contribution is 9.10. The molecule has 20 heavy (non-hydrogen) atoms. The maximum Gasteiger partial charge on any atom is 0.317 e. The molecule has 0 aromatic heterocycles. The molecule has 1 aromatic rings. The molecule has 1 aromatic carbocycles. The summed E-state index contributed by atoms with van der Waals surface area (Å²) in [6.07, 6.45) is 0. The predicted molar refractivity (Wildman–Crippen MR) is 82.0 cm³/mol. The first-order valence-corrected chi connectivity index (χ1v) is 7.32. The van der Waals surface area contributed by atoms with Crippen molar-refractivity contribution in [3.05, 3.63) is 28.2 Å². The predicted octanol–water partition coefficient (Wildman–Crippen LogP) is 2.54. The van der Waals surface area contributed by atoms with Gasteiger partial charge in [-0.25, -0.2) is 4.79 Å². The van der Waals surface area contributed by atoms with E-state index in [9.17, 15) is 4.79 Å². The largest absolute Gasteiger partial charge is 0.496 e. The van der Waals surface area contributed by atoms with Crippen molar-refractivity contribution in [3.8, 4) is 5.75 Å². The van der Waals surface area contributed by atoms with Gasteiger partial charge < -0.3 is 20.1 Å². The van der Waals surface area contributed by atoms with Crippen LogP contribution in [0.3, 0.4) is 0 Å². The molecule has 5 nitrogen and oxygen atoms in total. The van der Waals surface area contributed by atoms with Crippen LogP contribution in [-0.4, -0.2) is 42.8 Å². The van der Waals surface area contributed by atoms with E-state index in [-0.39, 0.29) is 18.7 Å². The van der Waals surface area contributed by atoms with Gasteiger partial charge in [-0.05, 0) is 47.5 Å². The number of carbonyl (C=O) groups excluding carboxylic acids is 1. The van der Waals surface area contributed by atoms with Gasteiger partial charge in [0.1, 0.15) is 5.75 Å². The summed E-state index contributed by atoms with van der Waals surface area (Å²) in [5.41, 5.74) is 0.978. The summed E-state index contributed by atoms with van der Waals surface area (Å²) in [5, 5.41) is 11.8. The lowest BCUT2D eigenvalue weighted by Gasteiger charge is -2.23. The SMILES string of the molecule is CCN(CCO)C(=O)NC(C)c1ccc(OC)c(Br)c1. The summed E-state index contributed by atoms with van der Waals surface area (Å²) in [5.74, 6) is 0.753. The lowest BCUT2D eigenvalue weighted by molar-refractivity contribution is 0.178. The van der Waals surface area contributed by atoms with Crippen LogP contribution in [0.4, 0.5) is 4.79 Å². The lowest BCUT2D eigenvalue weighted by Crippen LogP contribution is -2.42. The highest BCUT2D eigenvalue weighted by Crippen LogP contribution is 2.27. The number of aliphatic hydroxyl groups is 1. The van der Waals surface area contributed by atoms with Gasteiger partial charge in [0, 0.05) is 13.1 Å². The number of rotatable bonds is 6. The van der Waals surface area contributed by atoms with Crippen LogP contribution in [0.5, 0.6) is 5.75 Å². The molecule has 0 bridgehead atoms. The second kappa shape index (κ2) is 8.11. The van der Waals surface area contributed by atoms with Gasteiger partial charge >= 0.3 is 6.03 Å². The molecule has 112 valence electrons. The van der Waals surface area contributed by atoms with Gasteiger partial charge in [0.05, 0.1) is 24.2 Å². The average molecular weight is 345 g/mol. The van der Waals surface area contributed by atoms with Crippen LogP contribution in [0, 0.1) is 0 Å². The van der Waals surface area contributed by atoms with Crippen LogP contribution >= 0.6 is 15.9 Å². The fourth-order valence-electron chi connectivity index (χ4n) is 1.84. The molecule has 0 aliphatic carbocycles. The maximum atomic E-state index is 12.0. The van der Waals surface area contributed by atoms with Gasteiger partial charge in [0.25, 0.3) is 0 Å². The van der Waals surface area contributed by atoms with Gasteiger partial charge in [-0.2, -0.15) is 0 Å². The van der Waals surface area contributed by atoms with E-state index >= 15 is 0 Å². The Morgan fingerprint density at radius 3 is 2.75 bits per heavy atom. The second-order valence-corrected chi connectivity index (χ2v) is 5.22. The van der Waals surface area contributed by atoms with Crippen molar-refractivity contribution >= 4 is 22.0 Å². The number of urea groups is 1. The number of hydrogen-bond donors (Lipinski definition) is 2. The molecule has 0 aliphatic heterocycles. The Morgan fingerprint density at radius 2 is 2.25 bits per heavy atom. The molecule has 1 rings (SSSR count). The Morgan fingerprint density at radius 1 is 1.55 bits per heavy atom. The fraction of sp³-hybridized carbons (Fsp3) is 0.500. The third-order valence-corrected chi connectivity index (χ3v) is 3.67. The summed E-state index contributed by atoms with van der Waals surface area (Å²) in [4.78, 5) is 13.6. The van der Waals surface area contributed by atoms with Gasteiger partial charge in [-0.15, -0.1) is 0 Å². The summed E-state index contributed by atoms with van der Waals surface area (Å²) in [7, 11) is 1.61. The molecule has 1 unspecified atom stereocenters. The zero-order valence-electron chi connectivity index (χ0n) is 12.0. The Kier molecular flexibility index (Phi) is 6.81. The zero-order valence-corrected chi connectivity index (χ0v) is 13.6. The number of hydrogen-bond acceptors (Lipinski definition) is 3. The number of nitrogens with one attached hydrogen (secondary N) is 1. The van der Waals surface area contributed by atoms with E-state index < -0.39 is 0 Å². The first-order valence-electron chi connectivity index (χ1n) is 6.53. The van der Waals surface area contributed by atoms with Crippen molar-refractivity contribution in [1.82, 2.24) is 10.2 Å². The Bertz CT molecular complexity index is 454. The molecule has 6 heteroatoms. The standard InChI is InChI=1S/C14H21BrN2O3/c1-4-17(7-8-18)14(19)16-10(2)11-5-6-13(20-3)12(15)9-11/h5-6,9-10,18H,4,7-8H2,1-3H3,(H,16,19). The summed E-state index contributed by atoms with van der Waals surface area (Å²) in [6, 6.07) is 5.38. The number of amides is 2. The van der Waals surface area contributed by atoms with E-state index in [1.807, 2.05) is 32.0 Å². The first-order chi connectivity index (χ1) is 9.53.